The summed E-state index contributed by atoms with van der Waals surface area (Å²) in [5.74, 6) is 0.321. The molecule has 0 bridgehead atoms. The highest BCUT2D eigenvalue weighted by atomic mass is 32.1. The Morgan fingerprint density at radius 2 is 2.17 bits per heavy atom. The Bertz CT molecular complexity index is 413. The minimum Gasteiger partial charge on any atom is -0.468 e. The molecule has 0 atom stereocenters. The van der Waals surface area contributed by atoms with E-state index in [1.165, 1.54) is 7.11 Å². The summed E-state index contributed by atoms with van der Waals surface area (Å²) in [6.07, 6.45) is 0. The van der Waals surface area contributed by atoms with Crippen LogP contribution in [0, 0.1) is 5.92 Å². The number of hydrogen-bond donors (Lipinski definition) is 0. The summed E-state index contributed by atoms with van der Waals surface area (Å²) in [5.41, 5.74) is 0.0762. The molecule has 102 valence electrons. The lowest BCUT2D eigenvalue weighted by molar-refractivity contribution is -0.146. The Labute approximate surface area is 113 Å². The molecule has 18 heavy (non-hydrogen) atoms. The van der Waals surface area contributed by atoms with Gasteiger partial charge in [-0.15, -0.1) is 11.3 Å². The molecule has 0 aromatic carbocycles. The number of nitrogens with zero attached hydrogens (tertiary/aromatic N) is 2. The molecule has 0 saturated heterocycles. The lowest BCUT2D eigenvalue weighted by atomic mass is 9.90. The van der Waals surface area contributed by atoms with Crippen molar-refractivity contribution in [3.8, 4) is 0 Å². The predicted molar refractivity (Wildman–Crippen MR) is 75.3 cm³/mol. The summed E-state index contributed by atoms with van der Waals surface area (Å²) in [6, 6.07) is 0. The Morgan fingerprint density at radius 3 is 2.67 bits per heavy atom. The number of hydrogen-bond acceptors (Lipinski definition) is 5. The largest absolute Gasteiger partial charge is 0.468 e. The highest BCUT2D eigenvalue weighted by Crippen LogP contribution is 2.29. The molecule has 0 N–H and O–H groups in total. The summed E-state index contributed by atoms with van der Waals surface area (Å²) >= 11 is 1.56. The van der Waals surface area contributed by atoms with Gasteiger partial charge in [0, 0.05) is 19.0 Å². The van der Waals surface area contributed by atoms with Crippen LogP contribution in [-0.2, 0) is 14.9 Å². The second kappa shape index (κ2) is 5.69. The average Bonchev–Trinajstić information content (AvgIpc) is 2.76. The van der Waals surface area contributed by atoms with Crippen molar-refractivity contribution in [1.29, 1.82) is 0 Å². The Morgan fingerprint density at radius 1 is 1.56 bits per heavy atom. The van der Waals surface area contributed by atoms with Crippen LogP contribution in [0.1, 0.15) is 33.4 Å². The third kappa shape index (κ3) is 3.22. The summed E-state index contributed by atoms with van der Waals surface area (Å²) in [7, 11) is 3.43. The lowest BCUT2D eigenvalue weighted by Crippen LogP contribution is -2.31. The zero-order valence-electron chi connectivity index (χ0n) is 12.0. The van der Waals surface area contributed by atoms with E-state index in [0.717, 1.165) is 17.4 Å². The number of esters is 1. The van der Waals surface area contributed by atoms with E-state index in [0.29, 0.717) is 5.92 Å². The molecule has 1 rings (SSSR count). The quantitative estimate of drug-likeness (QED) is 0.772. The van der Waals surface area contributed by atoms with Gasteiger partial charge in [0.25, 0.3) is 0 Å². The Hall–Kier alpha value is -1.10. The highest BCUT2D eigenvalue weighted by Gasteiger charge is 2.33. The second-order valence-corrected chi connectivity index (χ2v) is 6.24. The van der Waals surface area contributed by atoms with E-state index in [1.807, 2.05) is 26.3 Å². The third-order valence-corrected chi connectivity index (χ3v) is 3.75. The van der Waals surface area contributed by atoms with E-state index in [4.69, 9.17) is 4.74 Å². The van der Waals surface area contributed by atoms with Gasteiger partial charge in [0.1, 0.15) is 5.41 Å². The first kappa shape index (κ1) is 15.0. The van der Waals surface area contributed by atoms with Crippen molar-refractivity contribution in [2.45, 2.75) is 33.1 Å². The molecular formula is C13H22N2O2S. The van der Waals surface area contributed by atoms with Gasteiger partial charge in [-0.1, -0.05) is 13.8 Å². The van der Waals surface area contributed by atoms with Crippen molar-refractivity contribution in [2.24, 2.45) is 5.92 Å². The molecule has 0 unspecified atom stereocenters. The van der Waals surface area contributed by atoms with Crippen LogP contribution >= 0.6 is 11.3 Å². The van der Waals surface area contributed by atoms with Gasteiger partial charge >= 0.3 is 5.97 Å². The number of aromatic nitrogens is 1. The summed E-state index contributed by atoms with van der Waals surface area (Å²) in [5, 5.41) is 2.87. The fraction of sp³-hybridized carbons (Fsp3) is 0.692. The van der Waals surface area contributed by atoms with Gasteiger partial charge in [0.05, 0.1) is 12.8 Å². The average molecular weight is 270 g/mol. The van der Waals surface area contributed by atoms with Crippen LogP contribution in [0.25, 0.3) is 0 Å². The lowest BCUT2D eigenvalue weighted by Gasteiger charge is -2.20. The van der Waals surface area contributed by atoms with Crippen molar-refractivity contribution < 1.29 is 9.53 Å². The van der Waals surface area contributed by atoms with Crippen LogP contribution in [0.15, 0.2) is 5.38 Å². The second-order valence-electron chi connectivity index (χ2n) is 5.41. The molecule has 0 amide bonds. The normalized spacial score (nSPS) is 11.7. The van der Waals surface area contributed by atoms with E-state index in [9.17, 15) is 4.79 Å². The van der Waals surface area contributed by atoms with Crippen molar-refractivity contribution in [3.63, 3.8) is 0 Å². The molecule has 0 radical (unpaired) electrons. The van der Waals surface area contributed by atoms with E-state index in [-0.39, 0.29) is 5.97 Å². The van der Waals surface area contributed by atoms with Gasteiger partial charge in [-0.3, -0.25) is 4.79 Å². The number of anilines is 1. The minimum absolute atomic E-state index is 0.258. The maximum Gasteiger partial charge on any atom is 0.317 e. The fourth-order valence-corrected chi connectivity index (χ4v) is 2.68. The molecular weight excluding hydrogens is 248 g/mol. The maximum atomic E-state index is 11.7. The van der Waals surface area contributed by atoms with Crippen LogP contribution in [0.5, 0.6) is 0 Å². The maximum absolute atomic E-state index is 11.7. The SMILES string of the molecule is COC(=O)C(C)(C)c1csc(N(C)CC(C)C)n1. The first-order valence-corrected chi connectivity index (χ1v) is 6.92. The Kier molecular flexibility index (Phi) is 4.73. The molecule has 4 nitrogen and oxygen atoms in total. The summed E-state index contributed by atoms with van der Waals surface area (Å²) in [6.45, 7) is 8.96. The van der Waals surface area contributed by atoms with Gasteiger partial charge in [-0.05, 0) is 19.8 Å². The number of ether oxygens (including phenoxy) is 1. The molecule has 1 aromatic rings. The van der Waals surface area contributed by atoms with Gasteiger partial charge < -0.3 is 9.64 Å². The summed E-state index contributed by atoms with van der Waals surface area (Å²) < 4.78 is 4.82. The molecule has 0 spiro atoms. The first-order chi connectivity index (χ1) is 8.28. The number of methoxy groups -OCH3 is 1. The standard InChI is InChI=1S/C13H22N2O2S/c1-9(2)7-15(5)12-14-10(8-18-12)13(3,4)11(16)17-6/h8-9H,7H2,1-6H3. The van der Waals surface area contributed by atoms with Gasteiger partial charge in [-0.2, -0.15) is 0 Å². The minimum atomic E-state index is -0.692. The van der Waals surface area contributed by atoms with Gasteiger partial charge in [0.15, 0.2) is 5.13 Å². The van der Waals surface area contributed by atoms with Crippen LogP contribution in [0.2, 0.25) is 0 Å². The van der Waals surface area contributed by atoms with Crippen LogP contribution in [-0.4, -0.2) is 31.7 Å². The number of carbonyl (C=O) groups excluding carboxylic acids is 1. The van der Waals surface area contributed by atoms with Crippen molar-refractivity contribution in [1.82, 2.24) is 4.98 Å². The predicted octanol–water partition coefficient (Wildman–Crippen LogP) is 2.69. The summed E-state index contributed by atoms with van der Waals surface area (Å²) in [4.78, 5) is 18.4. The number of thiazole rings is 1. The number of rotatable bonds is 5. The molecule has 5 heteroatoms. The molecule has 0 aliphatic heterocycles. The molecule has 1 heterocycles. The van der Waals surface area contributed by atoms with Gasteiger partial charge in [0.2, 0.25) is 0 Å². The molecule has 0 saturated carbocycles. The molecule has 1 aromatic heterocycles. The van der Waals surface area contributed by atoms with E-state index in [1.54, 1.807) is 11.3 Å². The monoisotopic (exact) mass is 270 g/mol. The van der Waals surface area contributed by atoms with Crippen LogP contribution < -0.4 is 4.90 Å². The molecule has 0 fully saturated rings. The fourth-order valence-electron chi connectivity index (χ4n) is 1.71. The van der Waals surface area contributed by atoms with Gasteiger partial charge in [-0.25, -0.2) is 4.98 Å². The van der Waals surface area contributed by atoms with Crippen molar-refractivity contribution >= 4 is 22.4 Å². The highest BCUT2D eigenvalue weighted by molar-refractivity contribution is 7.13. The zero-order valence-corrected chi connectivity index (χ0v) is 12.8. The topological polar surface area (TPSA) is 42.4 Å². The van der Waals surface area contributed by atoms with Crippen molar-refractivity contribution in [2.75, 3.05) is 25.6 Å². The van der Waals surface area contributed by atoms with E-state index >= 15 is 0 Å². The van der Waals surface area contributed by atoms with Crippen molar-refractivity contribution in [3.05, 3.63) is 11.1 Å². The van der Waals surface area contributed by atoms with E-state index in [2.05, 4.69) is 23.7 Å². The van der Waals surface area contributed by atoms with E-state index < -0.39 is 5.41 Å². The molecule has 0 aliphatic carbocycles. The number of carbonyl (C=O) groups is 1. The zero-order chi connectivity index (χ0) is 13.9. The first-order valence-electron chi connectivity index (χ1n) is 6.04. The molecule has 0 aliphatic rings. The Balaban J connectivity index is 2.89. The van der Waals surface area contributed by atoms with Crippen LogP contribution in [0.4, 0.5) is 5.13 Å². The van der Waals surface area contributed by atoms with Crippen LogP contribution in [0.3, 0.4) is 0 Å². The third-order valence-electron chi connectivity index (χ3n) is 2.79. The smallest absolute Gasteiger partial charge is 0.317 e.